The molecule has 26 heavy (non-hydrogen) atoms. The van der Waals surface area contributed by atoms with Crippen LogP contribution in [0.3, 0.4) is 0 Å². The number of rotatable bonds is 5. The van der Waals surface area contributed by atoms with Crippen molar-refractivity contribution < 1.29 is 46.6 Å². The van der Waals surface area contributed by atoms with Gasteiger partial charge in [-0.25, -0.2) is 0 Å². The first-order chi connectivity index (χ1) is 12.1. The van der Waals surface area contributed by atoms with E-state index in [4.69, 9.17) is 13.6 Å². The van der Waals surface area contributed by atoms with Crippen molar-refractivity contribution in [3.8, 4) is 5.75 Å². The summed E-state index contributed by atoms with van der Waals surface area (Å²) >= 11 is -5.48. The Bertz CT molecular complexity index is 711. The van der Waals surface area contributed by atoms with Gasteiger partial charge in [-0.1, -0.05) is 0 Å². The van der Waals surface area contributed by atoms with Crippen LogP contribution in [0, 0.1) is 0 Å². The van der Waals surface area contributed by atoms with Crippen LogP contribution in [-0.4, -0.2) is 87.0 Å². The Morgan fingerprint density at radius 1 is 1.27 bits per heavy atom. The summed E-state index contributed by atoms with van der Waals surface area (Å²) in [4.78, 5) is 11.3. The first-order valence-corrected chi connectivity index (χ1v) is 10.8. The molecule has 1 saturated heterocycles. The Hall–Kier alpha value is -1.43. The van der Waals surface area contributed by atoms with E-state index < -0.39 is 57.4 Å². The van der Waals surface area contributed by atoms with Crippen LogP contribution in [0.15, 0.2) is 18.2 Å². The van der Waals surface area contributed by atoms with Crippen LogP contribution >= 0.6 is 0 Å². The van der Waals surface area contributed by atoms with Crippen molar-refractivity contribution >= 4 is 30.1 Å². The molecule has 146 valence electrons. The molecule has 7 N–H and O–H groups in total. The number of ether oxygens (including phenoxy) is 1. The molecular weight excluding hydrogens is 417 g/mol. The number of hydrogen-bond donors (Lipinski definition) is 7. The first-order valence-electron chi connectivity index (χ1n) is 7.49. The summed E-state index contributed by atoms with van der Waals surface area (Å²) in [7, 11) is 0. The minimum absolute atomic E-state index is 0.174. The van der Waals surface area contributed by atoms with Crippen molar-refractivity contribution in [2.75, 3.05) is 11.9 Å². The van der Waals surface area contributed by atoms with E-state index in [0.717, 1.165) is 25.1 Å². The molecule has 0 aliphatic carbocycles. The molecule has 1 aliphatic rings. The van der Waals surface area contributed by atoms with Gasteiger partial charge in [0.1, 0.15) is 0 Å². The van der Waals surface area contributed by atoms with E-state index in [9.17, 15) is 33.1 Å². The van der Waals surface area contributed by atoms with E-state index in [1.165, 1.54) is 0 Å². The second-order valence-corrected chi connectivity index (χ2v) is 9.34. The number of carbonyl (C=O) groups excluding carboxylic acids is 1. The molecule has 0 aromatic heterocycles. The Balaban J connectivity index is 2.30. The van der Waals surface area contributed by atoms with Gasteiger partial charge < -0.3 is 0 Å². The van der Waals surface area contributed by atoms with Crippen LogP contribution in [-0.2, 0) is 17.0 Å². The van der Waals surface area contributed by atoms with Crippen molar-refractivity contribution in [1.82, 2.24) is 0 Å². The maximum absolute atomic E-state index is 12.7. The Kier molecular flexibility index (Phi) is 6.48. The predicted octanol–water partition coefficient (Wildman–Crippen LogP) is -3.26. The summed E-state index contributed by atoms with van der Waals surface area (Å²) in [6, 6.07) is 3.20. The fourth-order valence-electron chi connectivity index (χ4n) is 2.41. The van der Waals surface area contributed by atoms with E-state index >= 15 is 0 Å². The van der Waals surface area contributed by atoms with E-state index in [1.807, 2.05) is 0 Å². The summed E-state index contributed by atoms with van der Waals surface area (Å²) in [5.74, 6) is -0.846. The standard InChI is InChI=1S/C14H20AsNO10/c1-6(18)16-9-4-7(19)2-3-8(9)15(23,24)26-14-13(22)12(21)11(20)10(5-17)25-14/h2-4,10-14,17,19-22H,5H2,1H3,(H,16,18)(H,23,24)/t10-,11-,12+,13-,14?/m0/s1. The van der Waals surface area contributed by atoms with E-state index in [0.29, 0.717) is 0 Å². The average molecular weight is 437 g/mol. The van der Waals surface area contributed by atoms with E-state index in [-0.39, 0.29) is 15.8 Å². The normalized spacial score (nSPS) is 31.2. The number of benzene rings is 1. The van der Waals surface area contributed by atoms with Crippen LogP contribution in [0.4, 0.5) is 5.69 Å². The van der Waals surface area contributed by atoms with Gasteiger partial charge in [0.05, 0.1) is 0 Å². The Morgan fingerprint density at radius 3 is 2.50 bits per heavy atom. The van der Waals surface area contributed by atoms with Gasteiger partial charge in [0.25, 0.3) is 0 Å². The molecule has 1 fully saturated rings. The molecular formula is C14H20AsNO10. The number of amides is 1. The summed E-state index contributed by atoms with van der Waals surface area (Å²) in [5, 5.41) is 50.3. The molecule has 1 aromatic carbocycles. The van der Waals surface area contributed by atoms with Gasteiger partial charge in [0.2, 0.25) is 0 Å². The van der Waals surface area contributed by atoms with Crippen LogP contribution < -0.4 is 9.67 Å². The fraction of sp³-hybridized carbons (Fsp3) is 0.500. The summed E-state index contributed by atoms with van der Waals surface area (Å²) in [5.41, 5.74) is -0.174. The zero-order valence-electron chi connectivity index (χ0n) is 13.6. The van der Waals surface area contributed by atoms with Crippen LogP contribution in [0.2, 0.25) is 0 Å². The molecule has 6 atom stereocenters. The predicted molar refractivity (Wildman–Crippen MR) is 85.6 cm³/mol. The zero-order chi connectivity index (χ0) is 19.6. The van der Waals surface area contributed by atoms with E-state index in [2.05, 4.69) is 5.32 Å². The average Bonchev–Trinajstić information content (AvgIpc) is 2.54. The number of anilines is 1. The maximum atomic E-state index is 12.7. The molecule has 2 unspecified atom stereocenters. The molecule has 0 bridgehead atoms. The van der Waals surface area contributed by atoms with Gasteiger partial charge in [-0.3, -0.25) is 0 Å². The van der Waals surface area contributed by atoms with E-state index in [1.54, 1.807) is 0 Å². The molecule has 0 saturated carbocycles. The number of aliphatic hydroxyl groups is 4. The Morgan fingerprint density at radius 2 is 1.92 bits per heavy atom. The number of nitrogens with one attached hydrogen (secondary N) is 1. The monoisotopic (exact) mass is 437 g/mol. The van der Waals surface area contributed by atoms with Crippen molar-refractivity contribution in [3.05, 3.63) is 18.2 Å². The summed E-state index contributed by atoms with van der Waals surface area (Å²) in [6.07, 6.45) is -8.43. The number of phenols is 1. The van der Waals surface area contributed by atoms with Crippen molar-refractivity contribution in [1.29, 1.82) is 0 Å². The van der Waals surface area contributed by atoms with Crippen molar-refractivity contribution in [3.63, 3.8) is 0 Å². The van der Waals surface area contributed by atoms with Gasteiger partial charge in [-0.2, -0.15) is 0 Å². The number of phenolic OH excluding ortho intramolecular Hbond substituents is 1. The number of aliphatic hydroxyl groups excluding tert-OH is 4. The van der Waals surface area contributed by atoms with Gasteiger partial charge in [-0.15, -0.1) is 0 Å². The topological polar surface area (TPSA) is 186 Å². The van der Waals surface area contributed by atoms with Crippen molar-refractivity contribution in [2.24, 2.45) is 0 Å². The third kappa shape index (κ3) is 4.45. The van der Waals surface area contributed by atoms with Gasteiger partial charge >= 0.3 is 150 Å². The molecule has 1 aromatic rings. The second kappa shape index (κ2) is 8.07. The number of carbonyl (C=O) groups is 1. The van der Waals surface area contributed by atoms with Crippen molar-refractivity contribution in [2.45, 2.75) is 37.6 Å². The van der Waals surface area contributed by atoms with Crippen LogP contribution in [0.5, 0.6) is 5.75 Å². The van der Waals surface area contributed by atoms with Gasteiger partial charge in [0, 0.05) is 0 Å². The third-order valence-corrected chi connectivity index (χ3v) is 6.82. The van der Waals surface area contributed by atoms with Gasteiger partial charge in [-0.05, 0) is 0 Å². The Labute approximate surface area is 150 Å². The molecule has 12 heteroatoms. The van der Waals surface area contributed by atoms with Gasteiger partial charge in [0.15, 0.2) is 0 Å². The fourth-order valence-corrected chi connectivity index (χ4v) is 5.05. The quantitative estimate of drug-likeness (QED) is 0.231. The molecule has 2 rings (SSSR count). The second-order valence-electron chi connectivity index (χ2n) is 5.71. The third-order valence-electron chi connectivity index (χ3n) is 3.69. The number of aromatic hydroxyl groups is 1. The van der Waals surface area contributed by atoms with Crippen LogP contribution in [0.25, 0.3) is 0 Å². The van der Waals surface area contributed by atoms with Crippen LogP contribution in [0.1, 0.15) is 6.92 Å². The molecule has 1 aliphatic heterocycles. The zero-order valence-corrected chi connectivity index (χ0v) is 15.5. The minimum atomic E-state index is -5.48. The molecule has 1 heterocycles. The molecule has 11 nitrogen and oxygen atoms in total. The summed E-state index contributed by atoms with van der Waals surface area (Å²) in [6.45, 7) is 0.422. The molecule has 0 radical (unpaired) electrons. The molecule has 0 spiro atoms. The summed E-state index contributed by atoms with van der Waals surface area (Å²) < 4.78 is 32.7. The first kappa shape index (κ1) is 20.9. The number of hydrogen-bond acceptors (Lipinski definition) is 9. The molecule has 1 amide bonds. The SMILES string of the molecule is CC(=O)Nc1cc(O)ccc1[As](=O)(O)OC1O[C@@H](CO)[C@H](O)[C@@H](O)[C@@H]1O.